The number of benzene rings is 1. The Morgan fingerprint density at radius 2 is 2.25 bits per heavy atom. The number of piperidine rings is 1. The summed E-state index contributed by atoms with van der Waals surface area (Å²) in [7, 11) is 0. The van der Waals surface area contributed by atoms with E-state index in [1.807, 2.05) is 35.4 Å². The first kappa shape index (κ1) is 14.9. The van der Waals surface area contributed by atoms with Gasteiger partial charge in [-0.05, 0) is 37.5 Å². The molecule has 0 radical (unpaired) electrons. The summed E-state index contributed by atoms with van der Waals surface area (Å²) in [6.07, 6.45) is 3.93. The van der Waals surface area contributed by atoms with E-state index in [0.717, 1.165) is 48.2 Å². The van der Waals surface area contributed by atoms with E-state index < -0.39 is 0 Å². The van der Waals surface area contributed by atoms with Crippen molar-refractivity contribution in [2.75, 3.05) is 13.1 Å². The molecule has 3 heterocycles. The number of rotatable bonds is 3. The Morgan fingerprint density at radius 1 is 1.38 bits per heavy atom. The van der Waals surface area contributed by atoms with Crippen molar-refractivity contribution in [2.24, 2.45) is 0 Å². The smallest absolute Gasteiger partial charge is 0.244 e. The number of para-hydroxylation sites is 1. The van der Waals surface area contributed by atoms with E-state index in [0.29, 0.717) is 5.92 Å². The lowest BCUT2D eigenvalue weighted by Gasteiger charge is -2.32. The maximum Gasteiger partial charge on any atom is 0.244 e. The first-order valence-electron chi connectivity index (χ1n) is 8.28. The van der Waals surface area contributed by atoms with E-state index in [-0.39, 0.29) is 12.5 Å². The topological polar surface area (TPSA) is 79.7 Å². The molecule has 2 aromatic heterocycles. The Labute approximate surface area is 139 Å². The number of carbonyl (C=O) groups is 1. The van der Waals surface area contributed by atoms with Crippen LogP contribution >= 0.6 is 0 Å². The van der Waals surface area contributed by atoms with Gasteiger partial charge < -0.3 is 4.90 Å². The summed E-state index contributed by atoms with van der Waals surface area (Å²) in [5, 5.41) is 15.4. The summed E-state index contributed by atoms with van der Waals surface area (Å²) in [5.74, 6) is 0.421. The van der Waals surface area contributed by atoms with Gasteiger partial charge in [0.05, 0.1) is 11.7 Å². The van der Waals surface area contributed by atoms with Gasteiger partial charge in [0.25, 0.3) is 0 Å². The Bertz CT molecular complexity index is 867. The van der Waals surface area contributed by atoms with Crippen LogP contribution in [0.5, 0.6) is 0 Å². The van der Waals surface area contributed by atoms with Crippen molar-refractivity contribution < 1.29 is 4.79 Å². The van der Waals surface area contributed by atoms with Crippen LogP contribution in [0.25, 0.3) is 11.0 Å². The zero-order chi connectivity index (χ0) is 16.5. The van der Waals surface area contributed by atoms with E-state index in [9.17, 15) is 4.79 Å². The summed E-state index contributed by atoms with van der Waals surface area (Å²) in [4.78, 5) is 14.7. The predicted molar refractivity (Wildman–Crippen MR) is 89.4 cm³/mol. The van der Waals surface area contributed by atoms with Gasteiger partial charge in [0.2, 0.25) is 5.91 Å². The molecule has 1 amide bonds. The first-order valence-corrected chi connectivity index (χ1v) is 8.28. The zero-order valence-electron chi connectivity index (χ0n) is 13.6. The number of amides is 1. The highest BCUT2D eigenvalue weighted by molar-refractivity contribution is 5.80. The average Bonchev–Trinajstić information content (AvgIpc) is 3.22. The molecule has 0 saturated carbocycles. The van der Waals surface area contributed by atoms with Gasteiger partial charge in [-0.1, -0.05) is 17.3 Å². The summed E-state index contributed by atoms with van der Waals surface area (Å²) in [6, 6.07) is 7.70. The van der Waals surface area contributed by atoms with Gasteiger partial charge in [-0.15, -0.1) is 5.10 Å². The van der Waals surface area contributed by atoms with Gasteiger partial charge in [-0.25, -0.2) is 4.68 Å². The molecule has 0 bridgehead atoms. The Morgan fingerprint density at radius 3 is 3.08 bits per heavy atom. The first-order chi connectivity index (χ1) is 11.7. The van der Waals surface area contributed by atoms with E-state index in [4.69, 9.17) is 0 Å². The molecule has 0 aliphatic carbocycles. The van der Waals surface area contributed by atoms with Crippen LogP contribution in [0.1, 0.15) is 30.0 Å². The molecule has 24 heavy (non-hydrogen) atoms. The minimum absolute atomic E-state index is 0.0903. The predicted octanol–water partition coefficient (Wildman–Crippen LogP) is 1.87. The van der Waals surface area contributed by atoms with Gasteiger partial charge in [-0.3, -0.25) is 9.89 Å². The Kier molecular flexibility index (Phi) is 3.76. The molecular weight excluding hydrogens is 304 g/mol. The van der Waals surface area contributed by atoms with Crippen LogP contribution in [-0.2, 0) is 11.3 Å². The quantitative estimate of drug-likeness (QED) is 0.797. The Hall–Kier alpha value is -2.70. The number of aryl methyl sites for hydroxylation is 1. The van der Waals surface area contributed by atoms with Crippen LogP contribution in [0.2, 0.25) is 0 Å². The van der Waals surface area contributed by atoms with Crippen molar-refractivity contribution in [1.82, 2.24) is 30.1 Å². The number of hydrogen-bond donors (Lipinski definition) is 1. The van der Waals surface area contributed by atoms with Crippen molar-refractivity contribution in [3.8, 4) is 0 Å². The number of nitrogens with zero attached hydrogens (tertiary/aromatic N) is 5. The molecule has 7 heteroatoms. The van der Waals surface area contributed by atoms with Crippen LogP contribution in [0.15, 0.2) is 30.5 Å². The monoisotopic (exact) mass is 324 g/mol. The van der Waals surface area contributed by atoms with Crippen molar-refractivity contribution >= 4 is 16.9 Å². The lowest BCUT2D eigenvalue weighted by Crippen LogP contribution is -2.41. The largest absolute Gasteiger partial charge is 0.340 e. The second-order valence-corrected chi connectivity index (χ2v) is 6.38. The highest BCUT2D eigenvalue weighted by atomic mass is 16.2. The third-order valence-corrected chi connectivity index (χ3v) is 4.76. The molecule has 124 valence electrons. The normalized spacial score (nSPS) is 18.2. The number of likely N-dealkylation sites (tertiary alicyclic amines) is 1. The third kappa shape index (κ3) is 2.66. The second-order valence-electron chi connectivity index (χ2n) is 6.38. The summed E-state index contributed by atoms with van der Waals surface area (Å²) in [6.45, 7) is 3.82. The molecular formula is C17H20N6O. The van der Waals surface area contributed by atoms with Gasteiger partial charge in [0, 0.05) is 24.7 Å². The molecule has 1 aromatic carbocycles. The Balaban J connectivity index is 1.49. The fourth-order valence-corrected chi connectivity index (χ4v) is 3.47. The molecule has 1 fully saturated rings. The van der Waals surface area contributed by atoms with E-state index in [1.54, 1.807) is 4.68 Å². The third-order valence-electron chi connectivity index (χ3n) is 4.76. The molecule has 0 spiro atoms. The number of aromatic nitrogens is 5. The lowest BCUT2D eigenvalue weighted by atomic mass is 9.93. The number of carbonyl (C=O) groups excluding carboxylic acids is 1. The minimum atomic E-state index is 0.0903. The summed E-state index contributed by atoms with van der Waals surface area (Å²) in [5.41, 5.74) is 4.02. The highest BCUT2D eigenvalue weighted by Crippen LogP contribution is 2.27. The molecule has 4 rings (SSSR count). The van der Waals surface area contributed by atoms with Gasteiger partial charge in [0.1, 0.15) is 12.1 Å². The SMILES string of the molecule is Cc1cn[nH]c1C1CCCN(C(=O)Cn2nnc3ccccc32)C1. The van der Waals surface area contributed by atoms with Crippen molar-refractivity contribution in [2.45, 2.75) is 32.2 Å². The number of fused-ring (bicyclic) bond motifs is 1. The van der Waals surface area contributed by atoms with Gasteiger partial charge in [0.15, 0.2) is 0 Å². The molecule has 1 N–H and O–H groups in total. The van der Waals surface area contributed by atoms with E-state index >= 15 is 0 Å². The number of aromatic amines is 1. The molecule has 1 atom stereocenters. The molecule has 1 aliphatic rings. The fourth-order valence-electron chi connectivity index (χ4n) is 3.47. The molecule has 7 nitrogen and oxygen atoms in total. The maximum absolute atomic E-state index is 12.7. The van der Waals surface area contributed by atoms with Crippen LogP contribution in [0.4, 0.5) is 0 Å². The minimum Gasteiger partial charge on any atom is -0.340 e. The maximum atomic E-state index is 12.7. The van der Waals surface area contributed by atoms with Crippen LogP contribution in [0.3, 0.4) is 0 Å². The summed E-state index contributed by atoms with van der Waals surface area (Å²) < 4.78 is 1.68. The number of nitrogens with one attached hydrogen (secondary N) is 1. The van der Waals surface area contributed by atoms with Crippen molar-refractivity contribution in [3.63, 3.8) is 0 Å². The van der Waals surface area contributed by atoms with Crippen molar-refractivity contribution in [3.05, 3.63) is 41.7 Å². The van der Waals surface area contributed by atoms with E-state index in [2.05, 4.69) is 27.4 Å². The molecule has 1 aliphatic heterocycles. The second kappa shape index (κ2) is 6.07. The van der Waals surface area contributed by atoms with Crippen molar-refractivity contribution in [1.29, 1.82) is 0 Å². The van der Waals surface area contributed by atoms with Crippen LogP contribution in [0, 0.1) is 6.92 Å². The van der Waals surface area contributed by atoms with Crippen LogP contribution in [-0.4, -0.2) is 49.1 Å². The van der Waals surface area contributed by atoms with Gasteiger partial charge >= 0.3 is 0 Å². The average molecular weight is 324 g/mol. The van der Waals surface area contributed by atoms with E-state index in [1.165, 1.54) is 0 Å². The molecule has 3 aromatic rings. The van der Waals surface area contributed by atoms with Crippen LogP contribution < -0.4 is 0 Å². The summed E-state index contributed by atoms with van der Waals surface area (Å²) >= 11 is 0. The molecule has 1 saturated heterocycles. The van der Waals surface area contributed by atoms with Gasteiger partial charge in [-0.2, -0.15) is 5.10 Å². The number of hydrogen-bond acceptors (Lipinski definition) is 4. The zero-order valence-corrected chi connectivity index (χ0v) is 13.6. The highest BCUT2D eigenvalue weighted by Gasteiger charge is 2.27. The number of H-pyrrole nitrogens is 1. The standard InChI is InChI=1S/C17H20N6O/c1-12-9-18-20-17(12)13-5-4-8-22(10-13)16(24)11-23-15-7-3-2-6-14(15)19-21-23/h2-3,6-7,9,13H,4-5,8,10-11H2,1H3,(H,18,20). The molecule has 1 unspecified atom stereocenters. The fraction of sp³-hybridized carbons (Fsp3) is 0.412. The lowest BCUT2D eigenvalue weighted by molar-refractivity contribution is -0.133.